The Balaban J connectivity index is 1.74. The molecular formula is C13H15F3N4O. The lowest BCUT2D eigenvalue weighted by atomic mass is 9.69. The predicted molar refractivity (Wildman–Crippen MR) is 68.3 cm³/mol. The molecule has 114 valence electrons. The van der Waals surface area contributed by atoms with E-state index in [1.165, 1.54) is 4.90 Å². The number of hydrogen-bond acceptors (Lipinski definition) is 4. The molecule has 1 N–H and O–H groups in total. The normalized spacial score (nSPS) is 28.0. The van der Waals surface area contributed by atoms with Crippen molar-refractivity contribution in [3.8, 4) is 0 Å². The van der Waals surface area contributed by atoms with Gasteiger partial charge in [-0.1, -0.05) is 0 Å². The van der Waals surface area contributed by atoms with Gasteiger partial charge in [0.2, 0.25) is 5.95 Å². The first-order chi connectivity index (χ1) is 9.80. The van der Waals surface area contributed by atoms with Crippen molar-refractivity contribution in [1.82, 2.24) is 14.9 Å². The molecule has 0 aromatic carbocycles. The number of anilines is 1. The Morgan fingerprint density at radius 3 is 2.67 bits per heavy atom. The van der Waals surface area contributed by atoms with Gasteiger partial charge in [-0.05, 0) is 12.8 Å². The minimum atomic E-state index is -3.36. The number of alkyl halides is 2. The third kappa shape index (κ3) is 2.43. The molecule has 0 bridgehead atoms. The largest absolute Gasteiger partial charge is 0.347 e. The molecule has 1 aromatic rings. The summed E-state index contributed by atoms with van der Waals surface area (Å²) in [4.78, 5) is 20.5. The van der Waals surface area contributed by atoms with E-state index < -0.39 is 23.2 Å². The van der Waals surface area contributed by atoms with Crippen LogP contribution in [0.3, 0.4) is 0 Å². The zero-order valence-electron chi connectivity index (χ0n) is 11.4. The summed E-state index contributed by atoms with van der Waals surface area (Å²) in [5, 5.41) is 3.09. The van der Waals surface area contributed by atoms with Gasteiger partial charge in [0.25, 0.3) is 5.91 Å². The van der Waals surface area contributed by atoms with E-state index in [4.69, 9.17) is 0 Å². The van der Waals surface area contributed by atoms with Gasteiger partial charge in [0.05, 0.1) is 17.9 Å². The van der Waals surface area contributed by atoms with Crippen molar-refractivity contribution in [2.75, 3.05) is 18.4 Å². The molecule has 2 fully saturated rings. The maximum atomic E-state index is 13.2. The van der Waals surface area contributed by atoms with Gasteiger partial charge in [0, 0.05) is 25.9 Å². The summed E-state index contributed by atoms with van der Waals surface area (Å²) in [5.74, 6) is -4.72. The molecule has 0 radical (unpaired) electrons. The Hall–Kier alpha value is -1.86. The standard InChI is InChI=1S/C13H15F3N4O/c1-12(15,16)10(21)20-6-8-2-3-13(8,7-20)19-11-17-4-9(14)5-18-11/h4-5,8H,2-3,6-7H2,1H3,(H,17,18,19). The molecule has 1 saturated heterocycles. The molecule has 21 heavy (non-hydrogen) atoms. The zero-order chi connectivity index (χ0) is 15.3. The quantitative estimate of drug-likeness (QED) is 0.922. The molecule has 1 aliphatic heterocycles. The van der Waals surface area contributed by atoms with Gasteiger partial charge in [-0.2, -0.15) is 8.78 Å². The molecule has 3 rings (SSSR count). The topological polar surface area (TPSA) is 58.1 Å². The molecule has 1 aliphatic carbocycles. The van der Waals surface area contributed by atoms with E-state index in [-0.39, 0.29) is 18.4 Å². The predicted octanol–water partition coefficient (Wildman–Crippen LogP) is 1.67. The maximum absolute atomic E-state index is 13.2. The molecule has 8 heteroatoms. The van der Waals surface area contributed by atoms with Gasteiger partial charge in [-0.3, -0.25) is 4.79 Å². The fourth-order valence-corrected chi connectivity index (χ4v) is 3.08. The molecule has 2 atom stereocenters. The van der Waals surface area contributed by atoms with Crippen LogP contribution in [0.25, 0.3) is 0 Å². The second kappa shape index (κ2) is 4.57. The number of nitrogens with zero attached hydrogens (tertiary/aromatic N) is 3. The van der Waals surface area contributed by atoms with Crippen LogP contribution in [0, 0.1) is 11.7 Å². The highest BCUT2D eigenvalue weighted by Gasteiger charge is 2.56. The first-order valence-electron chi connectivity index (χ1n) is 6.73. The van der Waals surface area contributed by atoms with Crippen molar-refractivity contribution < 1.29 is 18.0 Å². The number of amides is 1. The van der Waals surface area contributed by atoms with Crippen LogP contribution in [-0.4, -0.2) is 45.3 Å². The highest BCUT2D eigenvalue weighted by Crippen LogP contribution is 2.46. The third-order valence-corrected chi connectivity index (χ3v) is 4.28. The van der Waals surface area contributed by atoms with Crippen LogP contribution >= 0.6 is 0 Å². The smallest absolute Gasteiger partial charge is 0.322 e. The van der Waals surface area contributed by atoms with E-state index in [9.17, 15) is 18.0 Å². The molecule has 1 aromatic heterocycles. The van der Waals surface area contributed by atoms with E-state index in [1.807, 2.05) is 0 Å². The average Bonchev–Trinajstić information content (AvgIpc) is 2.64. The van der Waals surface area contributed by atoms with Crippen LogP contribution in [0.2, 0.25) is 0 Å². The molecule has 2 unspecified atom stereocenters. The van der Waals surface area contributed by atoms with Crippen molar-refractivity contribution in [2.45, 2.75) is 31.2 Å². The molecule has 2 aliphatic rings. The second-order valence-corrected chi connectivity index (χ2v) is 5.82. The minimum absolute atomic E-state index is 0.0949. The second-order valence-electron chi connectivity index (χ2n) is 5.82. The van der Waals surface area contributed by atoms with E-state index in [2.05, 4.69) is 15.3 Å². The molecule has 1 amide bonds. The molecular weight excluding hydrogens is 285 g/mol. The van der Waals surface area contributed by atoms with Gasteiger partial charge in [-0.15, -0.1) is 0 Å². The van der Waals surface area contributed by atoms with E-state index >= 15 is 0 Å². The number of nitrogens with one attached hydrogen (secondary N) is 1. The number of hydrogen-bond donors (Lipinski definition) is 1. The van der Waals surface area contributed by atoms with Crippen LogP contribution < -0.4 is 5.32 Å². The SMILES string of the molecule is CC(F)(F)C(=O)N1CC2CCC2(Nc2ncc(F)cn2)C1. The fraction of sp³-hybridized carbons (Fsp3) is 0.615. The van der Waals surface area contributed by atoms with Gasteiger partial charge in [-0.25, -0.2) is 14.4 Å². The van der Waals surface area contributed by atoms with Crippen molar-refractivity contribution in [1.29, 1.82) is 0 Å². The average molecular weight is 300 g/mol. The summed E-state index contributed by atoms with van der Waals surface area (Å²) in [6.07, 6.45) is 3.68. The number of aromatic nitrogens is 2. The summed E-state index contributed by atoms with van der Waals surface area (Å²) >= 11 is 0. The molecule has 5 nitrogen and oxygen atoms in total. The Labute approximate surface area is 119 Å². The molecule has 2 heterocycles. The summed E-state index contributed by atoms with van der Waals surface area (Å²) in [6.45, 7) is 1.11. The van der Waals surface area contributed by atoms with Crippen molar-refractivity contribution in [2.24, 2.45) is 5.92 Å². The highest BCUT2D eigenvalue weighted by molar-refractivity contribution is 5.83. The minimum Gasteiger partial charge on any atom is -0.347 e. The number of rotatable bonds is 3. The van der Waals surface area contributed by atoms with Gasteiger partial charge in [0.1, 0.15) is 0 Å². The Kier molecular flexibility index (Phi) is 3.07. The van der Waals surface area contributed by atoms with E-state index in [0.29, 0.717) is 13.5 Å². The summed E-state index contributed by atoms with van der Waals surface area (Å²) < 4.78 is 39.1. The highest BCUT2D eigenvalue weighted by atomic mass is 19.3. The van der Waals surface area contributed by atoms with Crippen molar-refractivity contribution in [3.05, 3.63) is 18.2 Å². The number of fused-ring (bicyclic) bond motifs is 1. The number of likely N-dealkylation sites (tertiary alicyclic amines) is 1. The van der Waals surface area contributed by atoms with Gasteiger partial charge >= 0.3 is 5.92 Å². The first-order valence-corrected chi connectivity index (χ1v) is 6.73. The van der Waals surface area contributed by atoms with E-state index in [1.54, 1.807) is 0 Å². The summed E-state index contributed by atoms with van der Waals surface area (Å²) in [7, 11) is 0. The number of halogens is 3. The van der Waals surface area contributed by atoms with Crippen LogP contribution in [0.5, 0.6) is 0 Å². The third-order valence-electron chi connectivity index (χ3n) is 4.28. The Morgan fingerprint density at radius 2 is 2.14 bits per heavy atom. The summed E-state index contributed by atoms with van der Waals surface area (Å²) in [6, 6.07) is 0. The Morgan fingerprint density at radius 1 is 1.48 bits per heavy atom. The monoisotopic (exact) mass is 300 g/mol. The molecule has 0 spiro atoms. The van der Waals surface area contributed by atoms with Crippen LogP contribution in [-0.2, 0) is 4.79 Å². The zero-order valence-corrected chi connectivity index (χ0v) is 11.4. The van der Waals surface area contributed by atoms with Crippen molar-refractivity contribution >= 4 is 11.9 Å². The molecule has 1 saturated carbocycles. The lowest BCUT2D eigenvalue weighted by molar-refractivity contribution is -0.153. The van der Waals surface area contributed by atoms with E-state index in [0.717, 1.165) is 25.2 Å². The Bertz CT molecular complexity index is 560. The van der Waals surface area contributed by atoms with Crippen molar-refractivity contribution in [3.63, 3.8) is 0 Å². The maximum Gasteiger partial charge on any atom is 0.322 e. The van der Waals surface area contributed by atoms with Crippen LogP contribution in [0.1, 0.15) is 19.8 Å². The summed E-state index contributed by atoms with van der Waals surface area (Å²) in [5.41, 5.74) is -0.473. The van der Waals surface area contributed by atoms with Crippen LogP contribution in [0.4, 0.5) is 19.1 Å². The van der Waals surface area contributed by atoms with Gasteiger partial charge in [0.15, 0.2) is 5.82 Å². The van der Waals surface area contributed by atoms with Crippen LogP contribution in [0.15, 0.2) is 12.4 Å². The van der Waals surface area contributed by atoms with Gasteiger partial charge < -0.3 is 10.2 Å². The fourth-order valence-electron chi connectivity index (χ4n) is 3.08. The number of carbonyl (C=O) groups excluding carboxylic acids is 1. The lowest BCUT2D eigenvalue weighted by Crippen LogP contribution is -2.54. The first kappa shape index (κ1) is 14.1. The lowest BCUT2D eigenvalue weighted by Gasteiger charge is -2.44. The number of carbonyl (C=O) groups is 1.